The molecule has 1 rings (SSSR count). The van der Waals surface area contributed by atoms with Crippen LogP contribution >= 0.6 is 0 Å². The molecule has 0 aromatic heterocycles. The molecule has 1 aliphatic heterocycles. The number of aliphatic carboxylic acids is 1. The Morgan fingerprint density at radius 3 is 2.27 bits per heavy atom. The van der Waals surface area contributed by atoms with Gasteiger partial charge in [0.1, 0.15) is 0 Å². The zero-order valence-corrected chi connectivity index (χ0v) is 9.06. The first-order valence-electron chi connectivity index (χ1n) is 5.12. The van der Waals surface area contributed by atoms with E-state index in [1.807, 2.05) is 13.8 Å². The first-order chi connectivity index (χ1) is 6.99. The van der Waals surface area contributed by atoms with Crippen molar-refractivity contribution in [1.29, 1.82) is 0 Å². The molecule has 0 saturated carbocycles. The fraction of sp³-hybridized carbons (Fsp3) is 0.800. The molecule has 1 amide bonds. The Balaban J connectivity index is 2.41. The van der Waals surface area contributed by atoms with E-state index in [-0.39, 0.29) is 31.0 Å². The number of ether oxygens (including phenoxy) is 1. The summed E-state index contributed by atoms with van der Waals surface area (Å²) in [5, 5.41) is 10.2. The summed E-state index contributed by atoms with van der Waals surface area (Å²) in [6, 6.07) is 0. The molecule has 0 aliphatic carbocycles. The molecule has 86 valence electrons. The van der Waals surface area contributed by atoms with Crippen molar-refractivity contribution in [2.45, 2.75) is 38.9 Å². The molecule has 0 unspecified atom stereocenters. The standard InChI is InChI=1S/C10H17NO4/c1-7-5-11(6-8(2)15-7)9(12)3-4-10(13)14/h7-8H,3-6H2,1-2H3,(H,13,14)/p-1/t7-,8+. The third kappa shape index (κ3) is 3.87. The van der Waals surface area contributed by atoms with Gasteiger partial charge in [-0.05, 0) is 20.3 Å². The largest absolute Gasteiger partial charge is 0.550 e. The molecular weight excluding hydrogens is 198 g/mol. The fourth-order valence-electron chi connectivity index (χ4n) is 1.75. The lowest BCUT2D eigenvalue weighted by Crippen LogP contribution is -2.48. The van der Waals surface area contributed by atoms with E-state index in [1.165, 1.54) is 0 Å². The Hall–Kier alpha value is -1.10. The lowest BCUT2D eigenvalue weighted by atomic mass is 10.2. The predicted octanol–water partition coefficient (Wildman–Crippen LogP) is -0.848. The summed E-state index contributed by atoms with van der Waals surface area (Å²) in [6.45, 7) is 4.87. The normalized spacial score (nSPS) is 26.4. The minimum atomic E-state index is -1.18. The van der Waals surface area contributed by atoms with Crippen LogP contribution in [0.25, 0.3) is 0 Å². The topological polar surface area (TPSA) is 69.7 Å². The number of carboxylic acids is 1. The number of nitrogens with zero attached hydrogens (tertiary/aromatic N) is 1. The van der Waals surface area contributed by atoms with Crippen LogP contribution in [0.5, 0.6) is 0 Å². The molecule has 0 spiro atoms. The van der Waals surface area contributed by atoms with Gasteiger partial charge in [-0.15, -0.1) is 0 Å². The highest BCUT2D eigenvalue weighted by atomic mass is 16.5. The molecule has 1 aliphatic rings. The van der Waals surface area contributed by atoms with Gasteiger partial charge in [-0.1, -0.05) is 0 Å². The van der Waals surface area contributed by atoms with Gasteiger partial charge in [0.2, 0.25) is 5.91 Å². The first kappa shape index (κ1) is 12.0. The van der Waals surface area contributed by atoms with E-state index in [0.29, 0.717) is 13.1 Å². The van der Waals surface area contributed by atoms with Crippen molar-refractivity contribution in [3.8, 4) is 0 Å². The second-order valence-corrected chi connectivity index (χ2v) is 3.93. The molecule has 0 N–H and O–H groups in total. The first-order valence-corrected chi connectivity index (χ1v) is 5.12. The summed E-state index contributed by atoms with van der Waals surface area (Å²) in [7, 11) is 0. The molecule has 2 atom stereocenters. The van der Waals surface area contributed by atoms with Crippen LogP contribution in [0.4, 0.5) is 0 Å². The number of carbonyl (C=O) groups excluding carboxylic acids is 2. The van der Waals surface area contributed by atoms with Crippen LogP contribution in [0.2, 0.25) is 0 Å². The number of carbonyl (C=O) groups is 2. The Bertz CT molecular complexity index is 244. The van der Waals surface area contributed by atoms with Crippen molar-refractivity contribution < 1.29 is 19.4 Å². The number of morpholine rings is 1. The Morgan fingerprint density at radius 2 is 1.80 bits per heavy atom. The summed E-state index contributed by atoms with van der Waals surface area (Å²) in [4.78, 5) is 23.4. The third-order valence-corrected chi connectivity index (χ3v) is 2.32. The van der Waals surface area contributed by atoms with Crippen molar-refractivity contribution in [2.75, 3.05) is 13.1 Å². The van der Waals surface area contributed by atoms with E-state index in [2.05, 4.69) is 0 Å². The zero-order chi connectivity index (χ0) is 11.4. The van der Waals surface area contributed by atoms with E-state index in [4.69, 9.17) is 4.74 Å². The zero-order valence-electron chi connectivity index (χ0n) is 9.06. The molecule has 1 fully saturated rings. The average molecular weight is 214 g/mol. The van der Waals surface area contributed by atoms with Crippen LogP contribution in [0.15, 0.2) is 0 Å². The van der Waals surface area contributed by atoms with Gasteiger partial charge in [-0.25, -0.2) is 0 Å². The van der Waals surface area contributed by atoms with E-state index in [0.717, 1.165) is 0 Å². The molecule has 1 heterocycles. The van der Waals surface area contributed by atoms with E-state index < -0.39 is 5.97 Å². The van der Waals surface area contributed by atoms with Crippen LogP contribution in [0.1, 0.15) is 26.7 Å². The van der Waals surface area contributed by atoms with Crippen molar-refractivity contribution in [2.24, 2.45) is 0 Å². The highest BCUT2D eigenvalue weighted by molar-refractivity contribution is 5.80. The van der Waals surface area contributed by atoms with Gasteiger partial charge in [0.05, 0.1) is 12.2 Å². The van der Waals surface area contributed by atoms with Crippen molar-refractivity contribution in [3.63, 3.8) is 0 Å². The lowest BCUT2D eigenvalue weighted by Gasteiger charge is -2.35. The Morgan fingerprint density at radius 1 is 1.27 bits per heavy atom. The van der Waals surface area contributed by atoms with Crippen LogP contribution < -0.4 is 5.11 Å². The van der Waals surface area contributed by atoms with Crippen LogP contribution in [0.3, 0.4) is 0 Å². The SMILES string of the molecule is C[C@@H]1CN(C(=O)CCC(=O)[O-])C[C@H](C)O1. The van der Waals surface area contributed by atoms with Crippen molar-refractivity contribution in [1.82, 2.24) is 4.90 Å². The van der Waals surface area contributed by atoms with Gasteiger partial charge in [0.15, 0.2) is 0 Å². The Labute approximate surface area is 89.0 Å². The number of rotatable bonds is 3. The molecule has 5 heteroatoms. The maximum absolute atomic E-state index is 11.6. The second kappa shape index (κ2) is 5.11. The number of hydrogen-bond acceptors (Lipinski definition) is 4. The van der Waals surface area contributed by atoms with Crippen molar-refractivity contribution >= 4 is 11.9 Å². The number of amides is 1. The van der Waals surface area contributed by atoms with Gasteiger partial charge in [-0.3, -0.25) is 4.79 Å². The van der Waals surface area contributed by atoms with Crippen LogP contribution in [0, 0.1) is 0 Å². The molecule has 0 bridgehead atoms. The number of hydrogen-bond donors (Lipinski definition) is 0. The minimum absolute atomic E-state index is 0.0145. The van der Waals surface area contributed by atoms with Gasteiger partial charge < -0.3 is 19.5 Å². The second-order valence-electron chi connectivity index (χ2n) is 3.93. The van der Waals surface area contributed by atoms with Gasteiger partial charge >= 0.3 is 0 Å². The molecular formula is C10H16NO4-. The molecule has 15 heavy (non-hydrogen) atoms. The van der Waals surface area contributed by atoms with E-state index >= 15 is 0 Å². The Kier molecular flexibility index (Phi) is 4.08. The smallest absolute Gasteiger partial charge is 0.223 e. The highest BCUT2D eigenvalue weighted by Gasteiger charge is 2.25. The molecule has 5 nitrogen and oxygen atoms in total. The maximum atomic E-state index is 11.6. The fourth-order valence-corrected chi connectivity index (χ4v) is 1.75. The quantitative estimate of drug-likeness (QED) is 0.613. The molecule has 0 aromatic rings. The van der Waals surface area contributed by atoms with Crippen LogP contribution in [-0.2, 0) is 14.3 Å². The van der Waals surface area contributed by atoms with Gasteiger partial charge in [0, 0.05) is 25.5 Å². The monoisotopic (exact) mass is 214 g/mol. The van der Waals surface area contributed by atoms with Gasteiger partial charge in [-0.2, -0.15) is 0 Å². The minimum Gasteiger partial charge on any atom is -0.550 e. The summed E-state index contributed by atoms with van der Waals surface area (Å²) in [6.07, 6.45) is -0.165. The van der Waals surface area contributed by atoms with Crippen molar-refractivity contribution in [3.05, 3.63) is 0 Å². The summed E-state index contributed by atoms with van der Waals surface area (Å²) < 4.78 is 5.47. The van der Waals surface area contributed by atoms with E-state index in [9.17, 15) is 14.7 Å². The summed E-state index contributed by atoms with van der Waals surface area (Å²) in [5.74, 6) is -1.32. The number of carboxylic acid groups (broad SMARTS) is 1. The third-order valence-electron chi connectivity index (χ3n) is 2.32. The molecule has 0 radical (unpaired) electrons. The summed E-state index contributed by atoms with van der Waals surface area (Å²) in [5.41, 5.74) is 0. The predicted molar refractivity (Wildman–Crippen MR) is 50.8 cm³/mol. The van der Waals surface area contributed by atoms with Crippen LogP contribution in [-0.4, -0.2) is 42.1 Å². The highest BCUT2D eigenvalue weighted by Crippen LogP contribution is 2.12. The maximum Gasteiger partial charge on any atom is 0.223 e. The lowest BCUT2D eigenvalue weighted by molar-refractivity contribution is -0.305. The van der Waals surface area contributed by atoms with Gasteiger partial charge in [0.25, 0.3) is 0 Å². The molecule has 1 saturated heterocycles. The van der Waals surface area contributed by atoms with E-state index in [1.54, 1.807) is 4.90 Å². The molecule has 0 aromatic carbocycles. The average Bonchev–Trinajstić information content (AvgIpc) is 2.12. The summed E-state index contributed by atoms with van der Waals surface area (Å²) >= 11 is 0.